The second-order valence-electron chi connectivity index (χ2n) is 10.4. The number of nitrogens with two attached hydrogens (primary N) is 1. The first kappa shape index (κ1) is 23.9. The van der Waals surface area contributed by atoms with Gasteiger partial charge in [0.05, 0.1) is 25.1 Å². The van der Waals surface area contributed by atoms with Crippen LogP contribution in [0.2, 0.25) is 0 Å². The number of nitrogens with one attached hydrogen (secondary N) is 1. The first-order valence-electron chi connectivity index (χ1n) is 13.3. The number of ether oxygens (including phenoxy) is 1. The van der Waals surface area contributed by atoms with Gasteiger partial charge in [-0.2, -0.15) is 0 Å². The molecule has 3 unspecified atom stereocenters. The van der Waals surface area contributed by atoms with Gasteiger partial charge in [-0.15, -0.1) is 0 Å². The zero-order valence-electron chi connectivity index (χ0n) is 20.8. The number of guanidine groups is 1. The Hall–Kier alpha value is -2.86. The monoisotopic (exact) mass is 474 g/mol. The van der Waals surface area contributed by atoms with E-state index in [0.29, 0.717) is 24.8 Å². The van der Waals surface area contributed by atoms with Crippen LogP contribution < -0.4 is 15.8 Å². The molecule has 0 spiro atoms. The van der Waals surface area contributed by atoms with Gasteiger partial charge in [-0.05, 0) is 36.5 Å². The molecule has 2 aromatic carbocycles. The van der Waals surface area contributed by atoms with Gasteiger partial charge in [-0.25, -0.2) is 4.99 Å². The summed E-state index contributed by atoms with van der Waals surface area (Å²) in [5.74, 6) is 1.91. The van der Waals surface area contributed by atoms with Gasteiger partial charge < -0.3 is 15.8 Å². The molecule has 0 aromatic heterocycles. The number of carbonyl (C=O) groups excluding carboxylic acids is 1. The number of carbonyl (C=O) groups is 1. The maximum Gasteiger partial charge on any atom is 0.232 e. The molecule has 4 aliphatic rings. The number of rotatable bonds is 1. The molecule has 6 nitrogen and oxygen atoms in total. The summed E-state index contributed by atoms with van der Waals surface area (Å²) in [4.78, 5) is 19.7. The van der Waals surface area contributed by atoms with Crippen LogP contribution in [0.1, 0.15) is 81.0 Å². The molecule has 0 fully saturated rings. The first-order valence-corrected chi connectivity index (χ1v) is 13.3. The van der Waals surface area contributed by atoms with Crippen molar-refractivity contribution in [2.75, 3.05) is 6.61 Å². The van der Waals surface area contributed by atoms with Crippen LogP contribution in [0.25, 0.3) is 0 Å². The van der Waals surface area contributed by atoms with Crippen molar-refractivity contribution in [3.05, 3.63) is 65.2 Å². The molecule has 35 heavy (non-hydrogen) atoms. The lowest BCUT2D eigenvalue weighted by atomic mass is 9.84. The Labute approximate surface area is 208 Å². The number of aliphatic imine (C=N–C) groups is 1. The summed E-state index contributed by atoms with van der Waals surface area (Å²) >= 11 is 0. The predicted molar refractivity (Wildman–Crippen MR) is 139 cm³/mol. The van der Waals surface area contributed by atoms with E-state index in [-0.39, 0.29) is 17.5 Å². The molecule has 4 bridgehead atoms. The van der Waals surface area contributed by atoms with Crippen molar-refractivity contribution in [2.24, 2.45) is 16.6 Å². The highest BCUT2D eigenvalue weighted by molar-refractivity contribution is 5.99. The number of benzene rings is 2. The van der Waals surface area contributed by atoms with Crippen molar-refractivity contribution in [3.8, 4) is 5.75 Å². The summed E-state index contributed by atoms with van der Waals surface area (Å²) in [6, 6.07) is 17.2. The Kier molecular flexibility index (Phi) is 7.09. The van der Waals surface area contributed by atoms with Gasteiger partial charge in [0.25, 0.3) is 0 Å². The smallest absolute Gasteiger partial charge is 0.232 e. The van der Waals surface area contributed by atoms with Crippen molar-refractivity contribution < 1.29 is 9.53 Å². The Bertz CT molecular complexity index is 1080. The Morgan fingerprint density at radius 1 is 1.11 bits per heavy atom. The number of nitrogens with zero attached hydrogens (tertiary/aromatic N) is 2. The van der Waals surface area contributed by atoms with E-state index in [4.69, 9.17) is 15.5 Å². The summed E-state index contributed by atoms with van der Waals surface area (Å²) in [6.45, 7) is 4.12. The molecule has 0 aliphatic carbocycles. The van der Waals surface area contributed by atoms with Crippen LogP contribution in [-0.2, 0) is 17.9 Å². The van der Waals surface area contributed by atoms with E-state index < -0.39 is 0 Å². The minimum Gasteiger partial charge on any atom is -0.493 e. The highest BCUT2D eigenvalue weighted by atomic mass is 16.5. The Balaban J connectivity index is 1.42. The van der Waals surface area contributed by atoms with Gasteiger partial charge in [-0.3, -0.25) is 9.69 Å². The molecule has 6 rings (SSSR count). The molecule has 3 atom stereocenters. The number of fused-ring (bicyclic) bond motifs is 8. The molecule has 0 radical (unpaired) electrons. The van der Waals surface area contributed by atoms with E-state index in [1.165, 1.54) is 24.0 Å². The average Bonchev–Trinajstić information content (AvgIpc) is 2.87. The minimum absolute atomic E-state index is 0.0886. The van der Waals surface area contributed by atoms with Gasteiger partial charge in [-0.1, -0.05) is 75.1 Å². The summed E-state index contributed by atoms with van der Waals surface area (Å²) < 4.78 is 6.15. The van der Waals surface area contributed by atoms with Crippen molar-refractivity contribution >= 4 is 11.9 Å². The van der Waals surface area contributed by atoms with Crippen LogP contribution in [0.3, 0.4) is 0 Å². The van der Waals surface area contributed by atoms with Crippen molar-refractivity contribution in [3.63, 3.8) is 0 Å². The average molecular weight is 475 g/mol. The molecule has 6 heteroatoms. The quantitative estimate of drug-likeness (QED) is 0.604. The van der Waals surface area contributed by atoms with Crippen molar-refractivity contribution in [1.29, 1.82) is 0 Å². The maximum atomic E-state index is 13.2. The van der Waals surface area contributed by atoms with Gasteiger partial charge in [0, 0.05) is 24.1 Å². The highest BCUT2D eigenvalue weighted by Gasteiger charge is 2.38. The summed E-state index contributed by atoms with van der Waals surface area (Å²) in [7, 11) is 0. The third-order valence-electron chi connectivity index (χ3n) is 8.07. The van der Waals surface area contributed by atoms with Gasteiger partial charge in [0.2, 0.25) is 5.91 Å². The minimum atomic E-state index is -0.346. The zero-order chi connectivity index (χ0) is 24.3. The van der Waals surface area contributed by atoms with Gasteiger partial charge in [0.15, 0.2) is 5.96 Å². The second kappa shape index (κ2) is 10.4. The highest BCUT2D eigenvalue weighted by Crippen LogP contribution is 2.38. The lowest BCUT2D eigenvalue weighted by Gasteiger charge is -2.37. The fourth-order valence-electron chi connectivity index (χ4n) is 5.95. The van der Waals surface area contributed by atoms with Crippen LogP contribution in [-0.4, -0.2) is 28.9 Å². The normalized spacial score (nSPS) is 27.6. The van der Waals surface area contributed by atoms with E-state index in [2.05, 4.69) is 54.7 Å². The van der Waals surface area contributed by atoms with E-state index in [0.717, 1.165) is 56.6 Å². The van der Waals surface area contributed by atoms with Crippen LogP contribution in [0.15, 0.2) is 53.5 Å². The van der Waals surface area contributed by atoms with Crippen LogP contribution in [0.4, 0.5) is 0 Å². The van der Waals surface area contributed by atoms with Crippen LogP contribution in [0, 0.1) is 5.92 Å². The Morgan fingerprint density at radius 2 is 1.94 bits per heavy atom. The second-order valence-corrected chi connectivity index (χ2v) is 10.4. The van der Waals surface area contributed by atoms with Gasteiger partial charge in [0.1, 0.15) is 5.75 Å². The lowest BCUT2D eigenvalue weighted by molar-refractivity contribution is -0.130. The summed E-state index contributed by atoms with van der Waals surface area (Å²) in [5.41, 5.74) is 9.57. The number of amides is 1. The molecule has 0 saturated carbocycles. The number of hydrogen-bond acceptors (Lipinski definition) is 5. The molecule has 4 heterocycles. The fraction of sp³-hybridized carbons (Fsp3) is 0.517. The van der Waals surface area contributed by atoms with Crippen LogP contribution in [0.5, 0.6) is 5.75 Å². The largest absolute Gasteiger partial charge is 0.493 e. The summed E-state index contributed by atoms with van der Waals surface area (Å²) in [5, 5.41) is 3.84. The molecule has 2 aromatic rings. The topological polar surface area (TPSA) is 80.0 Å². The van der Waals surface area contributed by atoms with Crippen LogP contribution >= 0.6 is 0 Å². The molecule has 3 N–H and O–H groups in total. The predicted octanol–water partition coefficient (Wildman–Crippen LogP) is 5.08. The third-order valence-corrected chi connectivity index (χ3v) is 8.07. The maximum absolute atomic E-state index is 13.2. The molecule has 4 aliphatic heterocycles. The van der Waals surface area contributed by atoms with Crippen molar-refractivity contribution in [2.45, 2.75) is 83.0 Å². The molecule has 1 amide bonds. The fourth-order valence-corrected chi connectivity index (χ4v) is 5.95. The van der Waals surface area contributed by atoms with Gasteiger partial charge >= 0.3 is 0 Å². The standard InChI is InChI=1S/C29H38N4O2/c1-2-29-15-8-4-3-5-12-23-20-35-25-14-7-6-13-24(25)27(23)31-18-21-10-9-11-22(16-21)19-33(26(34)17-29)28(30)32-29/h6-7,9-11,13-14,16,23,27,31H,2-5,8,12,15,17-20H2,1H3,(H2,30,32). The van der Waals surface area contributed by atoms with E-state index >= 15 is 0 Å². The Morgan fingerprint density at radius 3 is 2.80 bits per heavy atom. The first-order chi connectivity index (χ1) is 17.1. The third kappa shape index (κ3) is 5.22. The molecular weight excluding hydrogens is 436 g/mol. The SMILES string of the molecule is CCC12CCCCCCC3COc4ccccc4C3NCc3cccc(c3)CN(C(=O)C1)C(N)=N2. The lowest BCUT2D eigenvalue weighted by Crippen LogP contribution is -2.51. The number of hydrogen-bond donors (Lipinski definition) is 2. The zero-order valence-corrected chi connectivity index (χ0v) is 20.8. The van der Waals surface area contributed by atoms with E-state index in [9.17, 15) is 4.79 Å². The molecule has 186 valence electrons. The molecule has 0 saturated heterocycles. The number of para-hydroxylation sites is 1. The van der Waals surface area contributed by atoms with E-state index in [1.54, 1.807) is 4.90 Å². The van der Waals surface area contributed by atoms with E-state index in [1.807, 2.05) is 6.07 Å². The van der Waals surface area contributed by atoms with Crippen molar-refractivity contribution in [1.82, 2.24) is 10.2 Å². The molecular formula is C29H38N4O2. The summed E-state index contributed by atoms with van der Waals surface area (Å²) in [6.07, 6.45) is 7.95.